The largest absolute Gasteiger partial charge is 0.481 e. The fourth-order valence-corrected chi connectivity index (χ4v) is 7.09. The average Bonchev–Trinajstić information content (AvgIpc) is 3.50. The third-order valence-corrected chi connectivity index (χ3v) is 9.67. The summed E-state index contributed by atoms with van der Waals surface area (Å²) in [5.74, 6) is 2.01. The molecule has 1 aliphatic carbocycles. The van der Waals surface area contributed by atoms with E-state index >= 15 is 0 Å². The summed E-state index contributed by atoms with van der Waals surface area (Å²) >= 11 is 14.2. The lowest BCUT2D eigenvalue weighted by atomic mass is 9.81. The van der Waals surface area contributed by atoms with Crippen LogP contribution in [0.5, 0.6) is 11.8 Å². The van der Waals surface area contributed by atoms with E-state index in [0.29, 0.717) is 71.5 Å². The molecule has 0 spiro atoms. The summed E-state index contributed by atoms with van der Waals surface area (Å²) in [6.45, 7) is 4.42. The Morgan fingerprint density at radius 2 is 1.67 bits per heavy atom. The summed E-state index contributed by atoms with van der Waals surface area (Å²) in [7, 11) is 3.14. The maximum atomic E-state index is 11.9. The monoisotopic (exact) mass is 659 g/mol. The maximum Gasteiger partial charge on any atom is 0.222 e. The van der Waals surface area contributed by atoms with E-state index in [1.54, 1.807) is 7.11 Å². The van der Waals surface area contributed by atoms with Crippen molar-refractivity contribution in [2.75, 3.05) is 25.7 Å². The Balaban J connectivity index is 1.23. The van der Waals surface area contributed by atoms with E-state index in [2.05, 4.69) is 20.2 Å². The minimum Gasteiger partial charge on any atom is -0.481 e. The second-order valence-corrected chi connectivity index (χ2v) is 12.6. The lowest BCUT2D eigenvalue weighted by molar-refractivity contribution is -0.124. The summed E-state index contributed by atoms with van der Waals surface area (Å²) in [5.41, 5.74) is 6.31. The van der Waals surface area contributed by atoms with E-state index in [1.165, 1.54) is 7.11 Å². The van der Waals surface area contributed by atoms with E-state index in [-0.39, 0.29) is 11.7 Å². The SMILES string of the molecule is COc1nc(-c2cccc(-c3cccc(N4Cc5nc(C=O)nc(OC)c5C4)c3Cl)c2Cl)ccc1CNC[C@@H]1CCC(=O)C(C)C1. The molecule has 238 valence electrons. The number of aromatic nitrogens is 3. The minimum atomic E-state index is 0.0864. The number of rotatable bonds is 10. The first-order valence-corrected chi connectivity index (χ1v) is 16.1. The summed E-state index contributed by atoms with van der Waals surface area (Å²) in [6, 6.07) is 15.6. The number of pyridine rings is 1. The van der Waals surface area contributed by atoms with Gasteiger partial charge < -0.3 is 19.7 Å². The number of halogens is 2. The topological polar surface area (TPSA) is 107 Å². The van der Waals surface area contributed by atoms with Crippen molar-refractivity contribution in [1.82, 2.24) is 20.3 Å². The number of ether oxygens (including phenoxy) is 2. The molecule has 0 bridgehead atoms. The van der Waals surface area contributed by atoms with Crippen LogP contribution in [0.15, 0.2) is 48.5 Å². The molecule has 1 unspecified atom stereocenters. The van der Waals surface area contributed by atoms with Gasteiger partial charge in [-0.2, -0.15) is 4.98 Å². The summed E-state index contributed by atoms with van der Waals surface area (Å²) in [4.78, 5) is 38.7. The van der Waals surface area contributed by atoms with Gasteiger partial charge in [-0.1, -0.05) is 66.5 Å². The fourth-order valence-electron chi connectivity index (χ4n) is 6.41. The number of carbonyl (C=O) groups excluding carboxylic acids is 2. The number of benzene rings is 2. The van der Waals surface area contributed by atoms with Gasteiger partial charge in [-0.25, -0.2) is 9.97 Å². The predicted octanol–water partition coefficient (Wildman–Crippen LogP) is 6.96. The van der Waals surface area contributed by atoms with Gasteiger partial charge in [-0.3, -0.25) is 9.59 Å². The zero-order valence-electron chi connectivity index (χ0n) is 26.0. The van der Waals surface area contributed by atoms with Crippen LogP contribution in [0.3, 0.4) is 0 Å². The van der Waals surface area contributed by atoms with Gasteiger partial charge >= 0.3 is 0 Å². The number of carbonyl (C=O) groups is 2. The first-order chi connectivity index (χ1) is 22.3. The van der Waals surface area contributed by atoms with Gasteiger partial charge in [0.15, 0.2) is 12.1 Å². The number of Topliss-reactive ketones (excluding diaryl/α,β-unsaturated/α-hetero) is 1. The van der Waals surface area contributed by atoms with Crippen LogP contribution < -0.4 is 19.7 Å². The Hall–Kier alpha value is -4.05. The number of aldehydes is 1. The van der Waals surface area contributed by atoms with Gasteiger partial charge in [0.25, 0.3) is 0 Å². The maximum absolute atomic E-state index is 11.9. The molecule has 2 aliphatic rings. The molecule has 4 aromatic rings. The van der Waals surface area contributed by atoms with Crippen molar-refractivity contribution in [1.29, 1.82) is 0 Å². The smallest absolute Gasteiger partial charge is 0.222 e. The Kier molecular flexibility index (Phi) is 9.54. The van der Waals surface area contributed by atoms with Crippen molar-refractivity contribution in [2.24, 2.45) is 11.8 Å². The molecule has 0 amide bonds. The average molecular weight is 661 g/mol. The van der Waals surface area contributed by atoms with Gasteiger partial charge in [-0.05, 0) is 37.4 Å². The van der Waals surface area contributed by atoms with Crippen LogP contribution in [0.25, 0.3) is 22.4 Å². The Morgan fingerprint density at radius 3 is 2.41 bits per heavy atom. The molecule has 1 fully saturated rings. The second kappa shape index (κ2) is 13.7. The van der Waals surface area contributed by atoms with Crippen LogP contribution in [0.2, 0.25) is 10.0 Å². The number of hydrogen-bond acceptors (Lipinski definition) is 9. The van der Waals surface area contributed by atoms with E-state index in [4.69, 9.17) is 37.7 Å². The van der Waals surface area contributed by atoms with Crippen molar-refractivity contribution in [2.45, 2.75) is 45.8 Å². The van der Waals surface area contributed by atoms with Crippen LogP contribution in [-0.2, 0) is 24.4 Å². The normalized spacial score (nSPS) is 17.6. The van der Waals surface area contributed by atoms with Crippen LogP contribution in [0.1, 0.15) is 53.6 Å². The van der Waals surface area contributed by atoms with Crippen LogP contribution >= 0.6 is 23.2 Å². The highest BCUT2D eigenvalue weighted by Gasteiger charge is 2.29. The molecule has 11 heteroatoms. The van der Waals surface area contributed by atoms with E-state index in [0.717, 1.165) is 58.6 Å². The lowest BCUT2D eigenvalue weighted by Gasteiger charge is -2.26. The van der Waals surface area contributed by atoms with Crippen LogP contribution in [0, 0.1) is 11.8 Å². The van der Waals surface area contributed by atoms with Crippen molar-refractivity contribution in [3.05, 3.63) is 81.2 Å². The van der Waals surface area contributed by atoms with Gasteiger partial charge in [0.1, 0.15) is 5.78 Å². The third kappa shape index (κ3) is 6.32. The summed E-state index contributed by atoms with van der Waals surface area (Å²) in [6.07, 6.45) is 3.15. The van der Waals surface area contributed by atoms with E-state index < -0.39 is 0 Å². The minimum absolute atomic E-state index is 0.0864. The summed E-state index contributed by atoms with van der Waals surface area (Å²) < 4.78 is 11.1. The molecule has 2 aromatic heterocycles. The van der Waals surface area contributed by atoms with Gasteiger partial charge in [0, 0.05) is 41.1 Å². The molecule has 3 heterocycles. The van der Waals surface area contributed by atoms with Crippen molar-refractivity contribution in [3.63, 3.8) is 0 Å². The molecule has 9 nitrogen and oxygen atoms in total. The Bertz CT molecular complexity index is 1800. The molecule has 0 radical (unpaired) electrons. The number of nitrogens with zero attached hydrogens (tertiary/aromatic N) is 4. The lowest BCUT2D eigenvalue weighted by Crippen LogP contribution is -2.30. The molecular weight excluding hydrogens is 625 g/mol. The number of fused-ring (bicyclic) bond motifs is 1. The van der Waals surface area contributed by atoms with Crippen molar-refractivity contribution >= 4 is 41.0 Å². The van der Waals surface area contributed by atoms with Crippen molar-refractivity contribution < 1.29 is 19.1 Å². The fraction of sp³-hybridized carbons (Fsp3) is 0.343. The Labute approximate surface area is 278 Å². The number of methoxy groups -OCH3 is 2. The second-order valence-electron chi connectivity index (χ2n) is 11.8. The highest BCUT2D eigenvalue weighted by molar-refractivity contribution is 6.39. The number of hydrogen-bond donors (Lipinski definition) is 1. The zero-order valence-corrected chi connectivity index (χ0v) is 27.5. The molecule has 1 aliphatic heterocycles. The van der Waals surface area contributed by atoms with Gasteiger partial charge in [-0.15, -0.1) is 0 Å². The zero-order chi connectivity index (χ0) is 32.4. The number of nitrogens with one attached hydrogen (secondary N) is 1. The van der Waals surface area contributed by atoms with Crippen LogP contribution in [-0.4, -0.2) is 47.8 Å². The number of anilines is 1. The highest BCUT2D eigenvalue weighted by atomic mass is 35.5. The first-order valence-electron chi connectivity index (χ1n) is 15.3. The molecule has 0 saturated heterocycles. The highest BCUT2D eigenvalue weighted by Crippen LogP contribution is 2.44. The number of ketones is 1. The first kappa shape index (κ1) is 31.9. The molecule has 1 saturated carbocycles. The van der Waals surface area contributed by atoms with Crippen LogP contribution in [0.4, 0.5) is 5.69 Å². The van der Waals surface area contributed by atoms with Gasteiger partial charge in [0.2, 0.25) is 11.8 Å². The Morgan fingerprint density at radius 1 is 0.935 bits per heavy atom. The molecule has 46 heavy (non-hydrogen) atoms. The van der Waals surface area contributed by atoms with Crippen molar-refractivity contribution in [3.8, 4) is 34.1 Å². The van der Waals surface area contributed by atoms with E-state index in [9.17, 15) is 9.59 Å². The molecule has 2 atom stereocenters. The van der Waals surface area contributed by atoms with Gasteiger partial charge in [0.05, 0.1) is 60.0 Å². The molecule has 1 N–H and O–H groups in total. The molecule has 6 rings (SSSR count). The van der Waals surface area contributed by atoms with E-state index in [1.807, 2.05) is 55.5 Å². The molecular formula is C35H35Cl2N5O4. The standard InChI is InChI=1S/C35H35Cl2N5O4/c1-20-14-21(10-13-30(20)44)15-38-16-22-11-12-27(40-34(22)45-2)25-8-4-6-23(32(25)36)24-7-5-9-29(33(24)37)42-17-26-28(18-42)39-31(19-43)41-35(26)46-3/h4-9,11-12,19-21,38H,10,13-18H2,1-3H3/t20?,21-/m1/s1. The third-order valence-electron chi connectivity index (χ3n) is 8.86. The summed E-state index contributed by atoms with van der Waals surface area (Å²) in [5, 5.41) is 4.60. The molecule has 2 aromatic carbocycles. The quantitative estimate of drug-likeness (QED) is 0.181. The predicted molar refractivity (Wildman–Crippen MR) is 179 cm³/mol.